The Labute approximate surface area is 170 Å². The normalized spacial score (nSPS) is 14.6. The molecule has 1 aliphatic rings. The number of amides is 1. The largest absolute Gasteiger partial charge is 0.467 e. The second-order valence-corrected chi connectivity index (χ2v) is 7.16. The molecule has 1 aromatic carbocycles. The van der Waals surface area contributed by atoms with Crippen LogP contribution in [-0.4, -0.2) is 49.0 Å². The number of nitrogens with zero attached hydrogens (tertiary/aromatic N) is 3. The maximum Gasteiger partial charge on any atom is 0.257 e. The van der Waals surface area contributed by atoms with Crippen LogP contribution in [0.2, 0.25) is 0 Å². The zero-order valence-corrected chi connectivity index (χ0v) is 16.5. The van der Waals surface area contributed by atoms with Crippen LogP contribution in [0.25, 0.3) is 0 Å². The van der Waals surface area contributed by atoms with E-state index in [9.17, 15) is 4.79 Å². The molecule has 0 aliphatic carbocycles. The first-order valence-corrected chi connectivity index (χ1v) is 9.74. The molecule has 1 saturated heterocycles. The highest BCUT2D eigenvalue weighted by Crippen LogP contribution is 2.20. The fraction of sp³-hybridized carbons (Fsp3) is 0.273. The van der Waals surface area contributed by atoms with E-state index in [1.54, 1.807) is 24.6 Å². The summed E-state index contributed by atoms with van der Waals surface area (Å²) in [6.45, 7) is 4.73. The Morgan fingerprint density at radius 1 is 1.07 bits per heavy atom. The zero-order valence-electron chi connectivity index (χ0n) is 16.5. The van der Waals surface area contributed by atoms with E-state index < -0.39 is 0 Å². The number of benzene rings is 1. The Morgan fingerprint density at radius 3 is 2.52 bits per heavy atom. The molecule has 7 heteroatoms. The van der Waals surface area contributed by atoms with Crippen LogP contribution < -0.4 is 15.5 Å². The lowest BCUT2D eigenvalue weighted by molar-refractivity contribution is 0.102. The van der Waals surface area contributed by atoms with E-state index in [4.69, 9.17) is 4.42 Å². The number of likely N-dealkylation sites (N-methyl/N-ethyl adjacent to an activating group) is 1. The first-order valence-electron chi connectivity index (χ1n) is 9.74. The van der Waals surface area contributed by atoms with Gasteiger partial charge in [-0.3, -0.25) is 4.79 Å². The number of carbonyl (C=O) groups excluding carboxylic acids is 1. The van der Waals surface area contributed by atoms with Crippen LogP contribution in [0.4, 0.5) is 17.2 Å². The minimum absolute atomic E-state index is 0.178. The van der Waals surface area contributed by atoms with Crippen molar-refractivity contribution >= 4 is 23.1 Å². The Kier molecular flexibility index (Phi) is 5.76. The number of aromatic nitrogens is 1. The monoisotopic (exact) mass is 391 g/mol. The minimum atomic E-state index is -0.178. The predicted octanol–water partition coefficient (Wildman–Crippen LogP) is 3.29. The number of rotatable bonds is 6. The zero-order chi connectivity index (χ0) is 20.1. The van der Waals surface area contributed by atoms with Gasteiger partial charge >= 0.3 is 0 Å². The molecular formula is C22H25N5O2. The summed E-state index contributed by atoms with van der Waals surface area (Å²) in [4.78, 5) is 21.5. The number of anilines is 3. The molecule has 2 N–H and O–H groups in total. The number of piperazine rings is 1. The molecule has 7 nitrogen and oxygen atoms in total. The van der Waals surface area contributed by atoms with Crippen molar-refractivity contribution in [2.45, 2.75) is 6.54 Å². The Morgan fingerprint density at radius 2 is 1.86 bits per heavy atom. The van der Waals surface area contributed by atoms with Gasteiger partial charge < -0.3 is 24.9 Å². The van der Waals surface area contributed by atoms with Crippen molar-refractivity contribution in [2.75, 3.05) is 48.8 Å². The van der Waals surface area contributed by atoms with Crippen LogP contribution in [0.1, 0.15) is 16.1 Å². The average Bonchev–Trinajstić information content (AvgIpc) is 3.27. The SMILES string of the molecule is CN1CCN(c2ccc(NC(=O)c3ccc(NCc4ccco4)nc3)cc2)CC1. The quantitative estimate of drug-likeness (QED) is 0.672. The molecule has 3 aromatic rings. The van der Waals surface area contributed by atoms with Crippen molar-refractivity contribution < 1.29 is 9.21 Å². The molecule has 0 radical (unpaired) electrons. The molecule has 0 saturated carbocycles. The third kappa shape index (κ3) is 4.94. The van der Waals surface area contributed by atoms with Crippen LogP contribution in [0.5, 0.6) is 0 Å². The highest BCUT2D eigenvalue weighted by atomic mass is 16.3. The highest BCUT2D eigenvalue weighted by molar-refractivity contribution is 6.04. The first kappa shape index (κ1) is 19.0. The number of carbonyl (C=O) groups is 1. The van der Waals surface area contributed by atoms with Gasteiger partial charge in [-0.2, -0.15) is 0 Å². The molecule has 1 amide bonds. The Hall–Kier alpha value is -3.32. The topological polar surface area (TPSA) is 73.6 Å². The predicted molar refractivity (Wildman–Crippen MR) is 114 cm³/mol. The molecule has 0 bridgehead atoms. The van der Waals surface area contributed by atoms with Crippen LogP contribution in [0.15, 0.2) is 65.4 Å². The van der Waals surface area contributed by atoms with E-state index in [1.165, 1.54) is 5.69 Å². The van der Waals surface area contributed by atoms with E-state index >= 15 is 0 Å². The lowest BCUT2D eigenvalue weighted by Gasteiger charge is -2.34. The van der Waals surface area contributed by atoms with Crippen molar-refractivity contribution in [1.29, 1.82) is 0 Å². The summed E-state index contributed by atoms with van der Waals surface area (Å²) in [5, 5.41) is 6.09. The van der Waals surface area contributed by atoms with Crippen molar-refractivity contribution in [3.63, 3.8) is 0 Å². The van der Waals surface area contributed by atoms with Gasteiger partial charge in [0.1, 0.15) is 11.6 Å². The molecule has 0 spiro atoms. The molecule has 1 aliphatic heterocycles. The van der Waals surface area contributed by atoms with Crippen molar-refractivity contribution in [1.82, 2.24) is 9.88 Å². The summed E-state index contributed by atoms with van der Waals surface area (Å²) in [6, 6.07) is 15.3. The van der Waals surface area contributed by atoms with E-state index in [0.717, 1.165) is 37.6 Å². The number of hydrogen-bond donors (Lipinski definition) is 2. The third-order valence-electron chi connectivity index (χ3n) is 5.04. The molecule has 150 valence electrons. The van der Waals surface area contributed by atoms with Crippen molar-refractivity contribution in [2.24, 2.45) is 0 Å². The molecule has 3 heterocycles. The first-order chi connectivity index (χ1) is 14.2. The van der Waals surface area contributed by atoms with E-state index in [2.05, 4.69) is 44.6 Å². The number of nitrogens with one attached hydrogen (secondary N) is 2. The smallest absolute Gasteiger partial charge is 0.257 e. The van der Waals surface area contributed by atoms with Gasteiger partial charge in [0, 0.05) is 43.8 Å². The Balaban J connectivity index is 1.31. The lowest BCUT2D eigenvalue weighted by Crippen LogP contribution is -2.44. The highest BCUT2D eigenvalue weighted by Gasteiger charge is 2.14. The van der Waals surface area contributed by atoms with Gasteiger partial charge in [-0.25, -0.2) is 4.98 Å². The van der Waals surface area contributed by atoms with Crippen molar-refractivity contribution in [3.05, 3.63) is 72.3 Å². The number of furan rings is 1. The number of pyridine rings is 1. The molecule has 4 rings (SSSR count). The van der Waals surface area contributed by atoms with Gasteiger partial charge in [0.2, 0.25) is 0 Å². The summed E-state index contributed by atoms with van der Waals surface area (Å²) >= 11 is 0. The van der Waals surface area contributed by atoms with Gasteiger partial charge in [0.05, 0.1) is 18.4 Å². The Bertz CT molecular complexity index is 915. The molecule has 2 aromatic heterocycles. The summed E-state index contributed by atoms with van der Waals surface area (Å²) in [5.41, 5.74) is 2.47. The van der Waals surface area contributed by atoms with E-state index in [-0.39, 0.29) is 5.91 Å². The van der Waals surface area contributed by atoms with Gasteiger partial charge in [-0.15, -0.1) is 0 Å². The van der Waals surface area contributed by atoms with E-state index in [1.807, 2.05) is 24.3 Å². The van der Waals surface area contributed by atoms with Gasteiger partial charge in [-0.05, 0) is 55.6 Å². The fourth-order valence-electron chi connectivity index (χ4n) is 3.25. The van der Waals surface area contributed by atoms with Crippen LogP contribution >= 0.6 is 0 Å². The average molecular weight is 391 g/mol. The second-order valence-electron chi connectivity index (χ2n) is 7.16. The molecule has 0 atom stereocenters. The second kappa shape index (κ2) is 8.79. The minimum Gasteiger partial charge on any atom is -0.467 e. The number of hydrogen-bond acceptors (Lipinski definition) is 6. The van der Waals surface area contributed by atoms with Crippen molar-refractivity contribution in [3.8, 4) is 0 Å². The summed E-state index contributed by atoms with van der Waals surface area (Å²) in [7, 11) is 2.15. The van der Waals surface area contributed by atoms with Crippen LogP contribution in [0, 0.1) is 0 Å². The maximum atomic E-state index is 12.5. The van der Waals surface area contributed by atoms with Crippen LogP contribution in [0.3, 0.4) is 0 Å². The molecule has 0 unspecified atom stereocenters. The summed E-state index contributed by atoms with van der Waals surface area (Å²) in [6.07, 6.45) is 3.20. The molecule has 1 fully saturated rings. The van der Waals surface area contributed by atoms with E-state index in [0.29, 0.717) is 17.9 Å². The summed E-state index contributed by atoms with van der Waals surface area (Å²) < 4.78 is 5.28. The molecular weight excluding hydrogens is 366 g/mol. The fourth-order valence-corrected chi connectivity index (χ4v) is 3.25. The summed E-state index contributed by atoms with van der Waals surface area (Å²) in [5.74, 6) is 1.34. The van der Waals surface area contributed by atoms with Gasteiger partial charge in [-0.1, -0.05) is 0 Å². The van der Waals surface area contributed by atoms with Gasteiger partial charge in [0.15, 0.2) is 0 Å². The lowest BCUT2D eigenvalue weighted by atomic mass is 10.2. The standard InChI is InChI=1S/C22H25N5O2/c1-26-10-12-27(13-11-26)19-7-5-18(6-8-19)25-22(28)17-4-9-21(23-15-17)24-16-20-3-2-14-29-20/h2-9,14-15H,10-13,16H2,1H3,(H,23,24)(H,25,28). The van der Waals surface area contributed by atoms with Gasteiger partial charge in [0.25, 0.3) is 5.91 Å². The maximum absolute atomic E-state index is 12.5. The third-order valence-corrected chi connectivity index (χ3v) is 5.04. The van der Waals surface area contributed by atoms with Crippen LogP contribution in [-0.2, 0) is 6.54 Å². The molecule has 29 heavy (non-hydrogen) atoms.